The summed E-state index contributed by atoms with van der Waals surface area (Å²) in [6.45, 7) is 9.36. The molecule has 2 aliphatic heterocycles. The molecule has 0 N–H and O–H groups in total. The number of fused-ring (bicyclic) bond motifs is 2. The quantitative estimate of drug-likeness (QED) is 0.515. The third-order valence-corrected chi connectivity index (χ3v) is 5.58. The average molecular weight is 400 g/mol. The molecule has 3 aliphatic rings. The summed E-state index contributed by atoms with van der Waals surface area (Å²) in [6.07, 6.45) is -1.42. The molecule has 160 valence electrons. The van der Waals surface area contributed by atoms with Gasteiger partial charge < -0.3 is 28.4 Å². The van der Waals surface area contributed by atoms with Gasteiger partial charge in [0.1, 0.15) is 12.2 Å². The van der Waals surface area contributed by atoms with Crippen LogP contribution in [-0.2, 0) is 28.4 Å². The van der Waals surface area contributed by atoms with Crippen LogP contribution in [0.2, 0.25) is 0 Å². The van der Waals surface area contributed by atoms with Gasteiger partial charge in [-0.05, 0) is 24.7 Å². The number of hydrogen-bond donors (Lipinski definition) is 0. The van der Waals surface area contributed by atoms with E-state index in [1.807, 2.05) is 0 Å². The Balaban J connectivity index is 1.74. The molecule has 0 spiro atoms. The van der Waals surface area contributed by atoms with Gasteiger partial charge in [-0.2, -0.15) is 0 Å². The summed E-state index contributed by atoms with van der Waals surface area (Å²) in [5.41, 5.74) is 0. The number of ether oxygens (including phenoxy) is 6. The van der Waals surface area contributed by atoms with Gasteiger partial charge in [-0.3, -0.25) is 0 Å². The predicted molar refractivity (Wildman–Crippen MR) is 97.9 cm³/mol. The molecular formula is C20H32O8. The Bertz CT molecular complexity index is 476. The van der Waals surface area contributed by atoms with Crippen LogP contribution >= 0.6 is 0 Å². The van der Waals surface area contributed by atoms with Crippen LogP contribution in [0.5, 0.6) is 0 Å². The van der Waals surface area contributed by atoms with E-state index in [0.29, 0.717) is 25.0 Å². The number of carbonyl (C=O) groups excluding carboxylic acids is 2. The summed E-state index contributed by atoms with van der Waals surface area (Å²) < 4.78 is 33.7. The SMILES string of the molecule is CCCC(C)COC1[C@H]2OC(=O)O[C@H]2C(OCC(C)CCC)[C@@H]2OC(=O)O[C@@H]12. The summed E-state index contributed by atoms with van der Waals surface area (Å²) in [5, 5.41) is 0. The maximum absolute atomic E-state index is 11.9. The second kappa shape index (κ2) is 9.31. The molecule has 2 heterocycles. The van der Waals surface area contributed by atoms with Crippen molar-refractivity contribution in [3.63, 3.8) is 0 Å². The summed E-state index contributed by atoms with van der Waals surface area (Å²) >= 11 is 0. The van der Waals surface area contributed by atoms with Crippen molar-refractivity contribution in [2.45, 2.75) is 90.0 Å². The summed E-state index contributed by atoms with van der Waals surface area (Å²) in [7, 11) is 0. The maximum atomic E-state index is 11.9. The lowest BCUT2D eigenvalue weighted by molar-refractivity contribution is -0.190. The van der Waals surface area contributed by atoms with E-state index in [2.05, 4.69) is 27.7 Å². The second-order valence-electron chi connectivity index (χ2n) is 8.21. The first kappa shape index (κ1) is 21.2. The van der Waals surface area contributed by atoms with Gasteiger partial charge in [-0.15, -0.1) is 0 Å². The van der Waals surface area contributed by atoms with E-state index in [9.17, 15) is 9.59 Å². The van der Waals surface area contributed by atoms with E-state index in [-0.39, 0.29) is 0 Å². The molecule has 1 aliphatic carbocycles. The van der Waals surface area contributed by atoms with E-state index in [4.69, 9.17) is 28.4 Å². The van der Waals surface area contributed by atoms with Gasteiger partial charge in [-0.25, -0.2) is 9.59 Å². The Morgan fingerprint density at radius 1 is 0.714 bits per heavy atom. The Labute approximate surface area is 166 Å². The van der Waals surface area contributed by atoms with Gasteiger partial charge in [-0.1, -0.05) is 40.5 Å². The standard InChI is InChI=1S/C20H32O8/c1-5-7-11(3)9-23-13-15-17(27-19(21)25-15)14(24-10-12(4)8-6-2)18-16(13)26-20(22)28-18/h11-18H,5-10H2,1-4H3/t11?,12?,13?,14?,15-,16-,17-,18+/m0/s1. The smallest absolute Gasteiger partial charge is 0.424 e. The second-order valence-corrected chi connectivity index (χ2v) is 8.21. The van der Waals surface area contributed by atoms with Crippen LogP contribution in [-0.4, -0.2) is 62.1 Å². The van der Waals surface area contributed by atoms with Crippen LogP contribution < -0.4 is 0 Å². The van der Waals surface area contributed by atoms with Crippen LogP contribution in [0, 0.1) is 11.8 Å². The van der Waals surface area contributed by atoms with Crippen LogP contribution in [0.15, 0.2) is 0 Å². The van der Waals surface area contributed by atoms with E-state index in [0.717, 1.165) is 25.7 Å². The molecule has 8 nitrogen and oxygen atoms in total. The molecule has 8 heteroatoms. The number of carbonyl (C=O) groups is 2. The van der Waals surface area contributed by atoms with Gasteiger partial charge in [0, 0.05) is 13.2 Å². The molecule has 8 atom stereocenters. The molecule has 1 saturated carbocycles. The van der Waals surface area contributed by atoms with Crippen molar-refractivity contribution in [2.24, 2.45) is 11.8 Å². The molecule has 0 amide bonds. The lowest BCUT2D eigenvalue weighted by atomic mass is 9.84. The van der Waals surface area contributed by atoms with Crippen molar-refractivity contribution in [2.75, 3.05) is 13.2 Å². The summed E-state index contributed by atoms with van der Waals surface area (Å²) in [6, 6.07) is 0. The molecular weight excluding hydrogens is 368 g/mol. The highest BCUT2D eigenvalue weighted by Crippen LogP contribution is 2.40. The summed E-state index contributed by atoms with van der Waals surface area (Å²) in [5.74, 6) is 0.670. The first-order valence-corrected chi connectivity index (χ1v) is 10.4. The topological polar surface area (TPSA) is 89.5 Å². The lowest BCUT2D eigenvalue weighted by Gasteiger charge is -2.40. The Morgan fingerprint density at radius 3 is 1.32 bits per heavy atom. The molecule has 4 unspecified atom stereocenters. The number of rotatable bonds is 10. The monoisotopic (exact) mass is 400 g/mol. The Morgan fingerprint density at radius 2 is 1.04 bits per heavy atom. The zero-order chi connectivity index (χ0) is 20.3. The zero-order valence-electron chi connectivity index (χ0n) is 17.1. The highest BCUT2D eigenvalue weighted by atomic mass is 16.8. The van der Waals surface area contributed by atoms with Crippen molar-refractivity contribution >= 4 is 12.3 Å². The first-order chi connectivity index (χ1) is 13.4. The highest BCUT2D eigenvalue weighted by Gasteiger charge is 2.64. The molecule has 3 fully saturated rings. The van der Waals surface area contributed by atoms with Crippen molar-refractivity contribution in [1.82, 2.24) is 0 Å². The van der Waals surface area contributed by atoms with Crippen LogP contribution in [0.25, 0.3) is 0 Å². The highest BCUT2D eigenvalue weighted by molar-refractivity contribution is 5.65. The van der Waals surface area contributed by atoms with Gasteiger partial charge in [0.25, 0.3) is 0 Å². The van der Waals surface area contributed by atoms with Gasteiger partial charge in [0.05, 0.1) is 0 Å². The number of hydrogen-bond acceptors (Lipinski definition) is 8. The largest absolute Gasteiger partial charge is 0.509 e. The molecule has 28 heavy (non-hydrogen) atoms. The molecule has 0 aromatic rings. The fourth-order valence-corrected chi connectivity index (χ4v) is 4.24. The van der Waals surface area contributed by atoms with E-state index in [1.165, 1.54) is 0 Å². The van der Waals surface area contributed by atoms with Crippen molar-refractivity contribution in [1.29, 1.82) is 0 Å². The van der Waals surface area contributed by atoms with Crippen LogP contribution in [0.3, 0.4) is 0 Å². The average Bonchev–Trinajstić information content (AvgIpc) is 3.20. The lowest BCUT2D eigenvalue weighted by Crippen LogP contribution is -2.63. The van der Waals surface area contributed by atoms with E-state index < -0.39 is 48.9 Å². The maximum Gasteiger partial charge on any atom is 0.509 e. The van der Waals surface area contributed by atoms with E-state index in [1.54, 1.807) is 0 Å². The predicted octanol–water partition coefficient (Wildman–Crippen LogP) is 3.45. The van der Waals surface area contributed by atoms with Crippen LogP contribution in [0.4, 0.5) is 9.59 Å². The fraction of sp³-hybridized carbons (Fsp3) is 0.900. The minimum Gasteiger partial charge on any atom is -0.424 e. The Hall–Kier alpha value is -1.54. The molecule has 0 bridgehead atoms. The molecule has 0 aromatic carbocycles. The summed E-state index contributed by atoms with van der Waals surface area (Å²) in [4.78, 5) is 23.7. The molecule has 0 aromatic heterocycles. The van der Waals surface area contributed by atoms with E-state index >= 15 is 0 Å². The van der Waals surface area contributed by atoms with Crippen molar-refractivity contribution in [3.05, 3.63) is 0 Å². The van der Waals surface area contributed by atoms with Gasteiger partial charge in [0.15, 0.2) is 24.4 Å². The first-order valence-electron chi connectivity index (χ1n) is 10.4. The van der Waals surface area contributed by atoms with Gasteiger partial charge in [0.2, 0.25) is 0 Å². The third kappa shape index (κ3) is 4.54. The van der Waals surface area contributed by atoms with Gasteiger partial charge >= 0.3 is 12.3 Å². The molecule has 0 radical (unpaired) electrons. The fourth-order valence-electron chi connectivity index (χ4n) is 4.24. The van der Waals surface area contributed by atoms with Crippen molar-refractivity contribution < 1.29 is 38.0 Å². The minimum absolute atomic E-state index is 0.335. The Kier molecular flexibility index (Phi) is 7.04. The van der Waals surface area contributed by atoms with Crippen molar-refractivity contribution in [3.8, 4) is 0 Å². The third-order valence-electron chi connectivity index (χ3n) is 5.58. The van der Waals surface area contributed by atoms with Crippen LogP contribution in [0.1, 0.15) is 53.4 Å². The molecule has 2 saturated heterocycles. The normalized spacial score (nSPS) is 35.9. The zero-order valence-corrected chi connectivity index (χ0v) is 17.1. The molecule has 3 rings (SSSR count). The minimum atomic E-state index is -0.758.